The van der Waals surface area contributed by atoms with E-state index in [1.165, 1.54) is 6.26 Å². The average molecular weight is 470 g/mol. The van der Waals surface area contributed by atoms with Gasteiger partial charge in [-0.15, -0.1) is 0 Å². The number of halogens is 2. The Morgan fingerprint density at radius 3 is 2.47 bits per heavy atom. The van der Waals surface area contributed by atoms with Crippen LogP contribution in [0.4, 0.5) is 11.4 Å². The van der Waals surface area contributed by atoms with E-state index >= 15 is 0 Å². The van der Waals surface area contributed by atoms with Crippen molar-refractivity contribution < 1.29 is 18.8 Å². The number of nitrogens with one attached hydrogen (secondary N) is 2. The highest BCUT2D eigenvalue weighted by molar-refractivity contribution is 6.53. The summed E-state index contributed by atoms with van der Waals surface area (Å²) in [6.07, 6.45) is 1.53. The Hall–Kier alpha value is -3.55. The number of benzene rings is 2. The van der Waals surface area contributed by atoms with Gasteiger partial charge in [0.05, 0.1) is 18.5 Å². The smallest absolute Gasteiger partial charge is 0.283 e. The zero-order chi connectivity index (χ0) is 22.8. The number of rotatable bonds is 6. The fourth-order valence-corrected chi connectivity index (χ4v) is 3.49. The standard InChI is InChI=1S/C23H17Cl2N3O4/c1-13-4-5-14(21(29)26-12-17-3-2-10-32-17)11-18(13)27-20-19(25)22(30)28(23(20)31)16-8-6-15(24)7-9-16/h2-11,27H,12H2,1H3,(H,26,29). The molecular formula is C23H17Cl2N3O4. The molecule has 32 heavy (non-hydrogen) atoms. The number of hydrogen-bond acceptors (Lipinski definition) is 5. The Morgan fingerprint density at radius 2 is 1.78 bits per heavy atom. The first-order valence-corrected chi connectivity index (χ1v) is 10.3. The van der Waals surface area contributed by atoms with Crippen molar-refractivity contribution in [2.24, 2.45) is 0 Å². The third-order valence-corrected chi connectivity index (χ3v) is 5.48. The summed E-state index contributed by atoms with van der Waals surface area (Å²) in [6, 6.07) is 14.7. The molecule has 0 bridgehead atoms. The Balaban J connectivity index is 1.54. The third-order valence-electron chi connectivity index (χ3n) is 4.87. The van der Waals surface area contributed by atoms with Crippen molar-refractivity contribution in [2.75, 3.05) is 10.2 Å². The van der Waals surface area contributed by atoms with Crippen LogP contribution in [0.5, 0.6) is 0 Å². The first-order valence-electron chi connectivity index (χ1n) is 9.57. The molecule has 0 saturated carbocycles. The van der Waals surface area contributed by atoms with Crippen molar-refractivity contribution in [3.8, 4) is 0 Å². The van der Waals surface area contributed by atoms with E-state index in [1.807, 2.05) is 0 Å². The molecular weight excluding hydrogens is 453 g/mol. The van der Waals surface area contributed by atoms with Crippen LogP contribution in [0.25, 0.3) is 0 Å². The third kappa shape index (κ3) is 4.26. The van der Waals surface area contributed by atoms with Crippen LogP contribution < -0.4 is 15.5 Å². The largest absolute Gasteiger partial charge is 0.467 e. The predicted molar refractivity (Wildman–Crippen MR) is 122 cm³/mol. The van der Waals surface area contributed by atoms with Crippen LogP contribution in [0.15, 0.2) is 76.0 Å². The summed E-state index contributed by atoms with van der Waals surface area (Å²) in [6.45, 7) is 2.04. The molecule has 0 aliphatic carbocycles. The van der Waals surface area contributed by atoms with E-state index in [4.69, 9.17) is 27.6 Å². The van der Waals surface area contributed by atoms with Crippen molar-refractivity contribution in [2.45, 2.75) is 13.5 Å². The van der Waals surface area contributed by atoms with Crippen LogP contribution in [0.3, 0.4) is 0 Å². The molecule has 0 atom stereocenters. The lowest BCUT2D eigenvalue weighted by molar-refractivity contribution is -0.120. The van der Waals surface area contributed by atoms with Gasteiger partial charge in [-0.05, 0) is 61.0 Å². The first kappa shape index (κ1) is 21.7. The van der Waals surface area contributed by atoms with E-state index in [-0.39, 0.29) is 23.2 Å². The second-order valence-electron chi connectivity index (χ2n) is 7.03. The van der Waals surface area contributed by atoms with Gasteiger partial charge in [0.2, 0.25) is 0 Å². The highest BCUT2D eigenvalue weighted by Gasteiger charge is 2.39. The molecule has 0 unspecified atom stereocenters. The van der Waals surface area contributed by atoms with Crippen LogP contribution in [-0.4, -0.2) is 17.7 Å². The molecule has 2 aromatic carbocycles. The Labute approximate surface area is 193 Å². The summed E-state index contributed by atoms with van der Waals surface area (Å²) in [7, 11) is 0. The van der Waals surface area contributed by atoms with E-state index in [0.29, 0.717) is 27.7 Å². The summed E-state index contributed by atoms with van der Waals surface area (Å²) in [4.78, 5) is 39.1. The van der Waals surface area contributed by atoms with E-state index in [0.717, 1.165) is 10.5 Å². The van der Waals surface area contributed by atoms with Gasteiger partial charge in [0.15, 0.2) is 0 Å². The molecule has 1 aliphatic heterocycles. The minimum atomic E-state index is -0.647. The summed E-state index contributed by atoms with van der Waals surface area (Å²) in [5.74, 6) is -0.944. The number of carbonyl (C=O) groups is 3. The van der Waals surface area contributed by atoms with E-state index < -0.39 is 11.8 Å². The molecule has 7 nitrogen and oxygen atoms in total. The normalized spacial score (nSPS) is 13.7. The Kier molecular flexibility index (Phi) is 6.03. The Morgan fingerprint density at radius 1 is 1.03 bits per heavy atom. The fourth-order valence-electron chi connectivity index (χ4n) is 3.15. The van der Waals surface area contributed by atoms with Gasteiger partial charge in [0.25, 0.3) is 17.7 Å². The molecule has 0 radical (unpaired) electrons. The molecule has 0 spiro atoms. The van der Waals surface area contributed by atoms with Gasteiger partial charge in [-0.1, -0.05) is 29.3 Å². The van der Waals surface area contributed by atoms with Crippen LogP contribution in [-0.2, 0) is 16.1 Å². The molecule has 0 saturated heterocycles. The molecule has 3 aromatic rings. The zero-order valence-corrected chi connectivity index (χ0v) is 18.3. The van der Waals surface area contributed by atoms with Gasteiger partial charge in [0, 0.05) is 16.3 Å². The quantitative estimate of drug-likeness (QED) is 0.514. The lowest BCUT2D eigenvalue weighted by Crippen LogP contribution is -2.32. The molecule has 1 aromatic heterocycles. The van der Waals surface area contributed by atoms with Gasteiger partial charge in [-0.3, -0.25) is 14.4 Å². The topological polar surface area (TPSA) is 91.7 Å². The molecule has 162 valence electrons. The van der Waals surface area contributed by atoms with Crippen molar-refractivity contribution in [1.29, 1.82) is 0 Å². The number of furan rings is 1. The van der Waals surface area contributed by atoms with Gasteiger partial charge >= 0.3 is 0 Å². The monoisotopic (exact) mass is 469 g/mol. The highest BCUT2D eigenvalue weighted by Crippen LogP contribution is 2.31. The summed E-state index contributed by atoms with van der Waals surface area (Å²) in [5.41, 5.74) is 1.88. The van der Waals surface area contributed by atoms with Crippen molar-refractivity contribution in [3.05, 3.63) is 93.5 Å². The maximum Gasteiger partial charge on any atom is 0.283 e. The summed E-state index contributed by atoms with van der Waals surface area (Å²) >= 11 is 12.1. The molecule has 2 N–H and O–H groups in total. The number of amides is 3. The fraction of sp³-hybridized carbons (Fsp3) is 0.0870. The first-order chi connectivity index (χ1) is 15.3. The number of imide groups is 1. The lowest BCUT2D eigenvalue weighted by atomic mass is 10.1. The molecule has 0 fully saturated rings. The second-order valence-corrected chi connectivity index (χ2v) is 7.84. The van der Waals surface area contributed by atoms with Crippen LogP contribution in [0.1, 0.15) is 21.7 Å². The van der Waals surface area contributed by atoms with Gasteiger partial charge in [0.1, 0.15) is 16.5 Å². The highest BCUT2D eigenvalue weighted by atomic mass is 35.5. The maximum absolute atomic E-state index is 13.0. The van der Waals surface area contributed by atoms with Gasteiger partial charge in [-0.25, -0.2) is 4.90 Å². The second kappa shape index (κ2) is 8.90. The number of anilines is 2. The molecule has 2 heterocycles. The maximum atomic E-state index is 13.0. The van der Waals surface area contributed by atoms with E-state index in [9.17, 15) is 14.4 Å². The van der Waals surface area contributed by atoms with Crippen molar-refractivity contribution in [3.63, 3.8) is 0 Å². The van der Waals surface area contributed by atoms with E-state index in [1.54, 1.807) is 61.5 Å². The van der Waals surface area contributed by atoms with E-state index in [2.05, 4.69) is 10.6 Å². The van der Waals surface area contributed by atoms with Crippen LogP contribution in [0.2, 0.25) is 5.02 Å². The summed E-state index contributed by atoms with van der Waals surface area (Å²) < 4.78 is 5.21. The summed E-state index contributed by atoms with van der Waals surface area (Å²) in [5, 5.41) is 5.92. The van der Waals surface area contributed by atoms with Gasteiger partial charge < -0.3 is 15.1 Å². The van der Waals surface area contributed by atoms with Crippen LogP contribution in [0, 0.1) is 6.92 Å². The zero-order valence-electron chi connectivity index (χ0n) is 16.8. The predicted octanol–water partition coefficient (Wildman–Crippen LogP) is 4.61. The average Bonchev–Trinajstić information content (AvgIpc) is 3.37. The number of nitrogens with zero attached hydrogens (tertiary/aromatic N) is 1. The molecule has 9 heteroatoms. The van der Waals surface area contributed by atoms with Crippen molar-refractivity contribution in [1.82, 2.24) is 5.32 Å². The number of carbonyl (C=O) groups excluding carboxylic acids is 3. The minimum Gasteiger partial charge on any atom is -0.467 e. The van der Waals surface area contributed by atoms with Gasteiger partial charge in [-0.2, -0.15) is 0 Å². The Bertz CT molecular complexity index is 1230. The number of hydrogen-bond donors (Lipinski definition) is 2. The minimum absolute atomic E-state index is 0.0668. The lowest BCUT2D eigenvalue weighted by Gasteiger charge is -2.16. The van der Waals surface area contributed by atoms with Crippen molar-refractivity contribution >= 4 is 52.3 Å². The SMILES string of the molecule is Cc1ccc(C(=O)NCc2ccco2)cc1NC1=C(Cl)C(=O)N(c2ccc(Cl)cc2)C1=O. The van der Waals surface area contributed by atoms with Crippen LogP contribution >= 0.6 is 23.2 Å². The molecule has 1 aliphatic rings. The molecule has 3 amide bonds. The molecule has 4 rings (SSSR count). The number of aryl methyl sites for hydroxylation is 1.